The van der Waals surface area contributed by atoms with Gasteiger partial charge in [-0.2, -0.15) is 0 Å². The summed E-state index contributed by atoms with van der Waals surface area (Å²) in [4.78, 5) is 2.25. The highest BCUT2D eigenvalue weighted by Gasteiger charge is 2.37. The molecule has 96 valence electrons. The molecular weight excluding hydrogens is 234 g/mol. The van der Waals surface area contributed by atoms with E-state index >= 15 is 0 Å². The Bertz CT molecular complexity index is 226. The lowest BCUT2D eigenvalue weighted by Gasteiger charge is -2.31. The van der Waals surface area contributed by atoms with Crippen LogP contribution in [0.4, 0.5) is 8.78 Å². The van der Waals surface area contributed by atoms with E-state index in [9.17, 15) is 8.78 Å². The van der Waals surface area contributed by atoms with Gasteiger partial charge in [0, 0.05) is 32.0 Å². The zero-order valence-electron chi connectivity index (χ0n) is 9.50. The highest BCUT2D eigenvalue weighted by Crippen LogP contribution is 2.37. The lowest BCUT2D eigenvalue weighted by atomic mass is 9.86. The van der Waals surface area contributed by atoms with Crippen molar-refractivity contribution in [1.82, 2.24) is 4.90 Å². The quantitative estimate of drug-likeness (QED) is 0.819. The van der Waals surface area contributed by atoms with Crippen LogP contribution in [-0.2, 0) is 0 Å². The van der Waals surface area contributed by atoms with Crippen molar-refractivity contribution in [3.05, 3.63) is 0 Å². The lowest BCUT2D eigenvalue weighted by Crippen LogP contribution is -2.35. The van der Waals surface area contributed by atoms with E-state index in [-0.39, 0.29) is 37.2 Å². The summed E-state index contributed by atoms with van der Waals surface area (Å²) in [5, 5.41) is 0. The van der Waals surface area contributed by atoms with Crippen molar-refractivity contribution in [1.29, 1.82) is 0 Å². The minimum absolute atomic E-state index is 0. The van der Waals surface area contributed by atoms with Gasteiger partial charge < -0.3 is 10.6 Å². The molecule has 2 aliphatic rings. The van der Waals surface area contributed by atoms with E-state index in [1.54, 1.807) is 0 Å². The number of hydrogen-bond acceptors (Lipinski definition) is 2. The largest absolute Gasteiger partial charge is 0.326 e. The molecule has 16 heavy (non-hydrogen) atoms. The lowest BCUT2D eigenvalue weighted by molar-refractivity contribution is -0.0561. The van der Waals surface area contributed by atoms with Crippen molar-refractivity contribution >= 4 is 12.4 Å². The smallest absolute Gasteiger partial charge is 0.248 e. The Morgan fingerprint density at radius 1 is 1.31 bits per heavy atom. The van der Waals surface area contributed by atoms with E-state index in [2.05, 4.69) is 4.90 Å². The molecule has 2 fully saturated rings. The van der Waals surface area contributed by atoms with E-state index in [0.29, 0.717) is 6.42 Å². The maximum atomic E-state index is 13.2. The molecule has 0 radical (unpaired) electrons. The molecule has 1 saturated heterocycles. The maximum absolute atomic E-state index is 13.2. The van der Waals surface area contributed by atoms with Crippen LogP contribution in [0.25, 0.3) is 0 Å². The second-order valence-corrected chi connectivity index (χ2v) is 5.13. The van der Waals surface area contributed by atoms with E-state index in [4.69, 9.17) is 5.73 Å². The number of rotatable bonds is 2. The standard InChI is InChI=1S/C11H20F2N2.ClH/c12-11(13)4-1-2-9(6-11)7-15-5-3-10(14)8-15;/h9-10H,1-8,14H2;1H/t9?,10-;/m1./s1. The Morgan fingerprint density at radius 3 is 2.62 bits per heavy atom. The summed E-state index contributed by atoms with van der Waals surface area (Å²) in [5.74, 6) is -2.23. The van der Waals surface area contributed by atoms with Crippen LogP contribution in [0.2, 0.25) is 0 Å². The normalized spacial score (nSPS) is 34.7. The molecule has 0 amide bonds. The van der Waals surface area contributed by atoms with E-state index < -0.39 is 5.92 Å². The summed E-state index contributed by atoms with van der Waals surface area (Å²) in [6.07, 6.45) is 2.82. The molecule has 0 aromatic rings. The molecule has 0 spiro atoms. The van der Waals surface area contributed by atoms with Crippen molar-refractivity contribution in [3.8, 4) is 0 Å². The molecule has 0 bridgehead atoms. The Labute approximate surface area is 102 Å². The molecule has 1 saturated carbocycles. The molecular formula is C11H21ClF2N2. The first-order valence-electron chi connectivity index (χ1n) is 5.91. The van der Waals surface area contributed by atoms with Crippen molar-refractivity contribution < 1.29 is 8.78 Å². The van der Waals surface area contributed by atoms with Gasteiger partial charge in [-0.25, -0.2) is 8.78 Å². The first-order valence-corrected chi connectivity index (χ1v) is 5.91. The van der Waals surface area contributed by atoms with Gasteiger partial charge in [0.2, 0.25) is 5.92 Å². The molecule has 2 rings (SSSR count). The summed E-state index contributed by atoms with van der Waals surface area (Å²) >= 11 is 0. The molecule has 1 unspecified atom stereocenters. The summed E-state index contributed by atoms with van der Waals surface area (Å²) in [5.41, 5.74) is 5.79. The molecule has 5 heteroatoms. The van der Waals surface area contributed by atoms with Crippen molar-refractivity contribution in [2.45, 2.75) is 44.1 Å². The van der Waals surface area contributed by atoms with Gasteiger partial charge in [0.05, 0.1) is 0 Å². The molecule has 1 aliphatic carbocycles. The highest BCUT2D eigenvalue weighted by molar-refractivity contribution is 5.85. The summed E-state index contributed by atoms with van der Waals surface area (Å²) < 4.78 is 26.3. The van der Waals surface area contributed by atoms with E-state index in [1.165, 1.54) is 0 Å². The monoisotopic (exact) mass is 254 g/mol. The van der Waals surface area contributed by atoms with Crippen LogP contribution in [0, 0.1) is 5.92 Å². The summed E-state index contributed by atoms with van der Waals surface area (Å²) in [6.45, 7) is 2.70. The first kappa shape index (κ1) is 14.1. The SMILES string of the molecule is Cl.N[C@@H]1CCN(CC2CCCC(F)(F)C2)C1. The van der Waals surface area contributed by atoms with Gasteiger partial charge in [0.15, 0.2) is 0 Å². The van der Waals surface area contributed by atoms with Gasteiger partial charge in [-0.1, -0.05) is 0 Å². The number of nitrogens with two attached hydrogens (primary N) is 1. The minimum Gasteiger partial charge on any atom is -0.326 e. The summed E-state index contributed by atoms with van der Waals surface area (Å²) in [7, 11) is 0. The zero-order valence-corrected chi connectivity index (χ0v) is 10.3. The molecule has 1 heterocycles. The number of likely N-dealkylation sites (tertiary alicyclic amines) is 1. The number of alkyl halides is 2. The Hall–Kier alpha value is 0.0700. The first-order chi connectivity index (χ1) is 7.05. The number of halogens is 3. The van der Waals surface area contributed by atoms with Crippen LogP contribution in [0.3, 0.4) is 0 Å². The topological polar surface area (TPSA) is 29.3 Å². The van der Waals surface area contributed by atoms with Gasteiger partial charge in [-0.3, -0.25) is 0 Å². The highest BCUT2D eigenvalue weighted by atomic mass is 35.5. The number of hydrogen-bond donors (Lipinski definition) is 1. The van der Waals surface area contributed by atoms with E-state index in [0.717, 1.165) is 32.5 Å². The fourth-order valence-electron chi connectivity index (χ4n) is 2.83. The van der Waals surface area contributed by atoms with Crippen LogP contribution in [-0.4, -0.2) is 36.5 Å². The average molecular weight is 255 g/mol. The molecule has 2 N–H and O–H groups in total. The van der Waals surface area contributed by atoms with Gasteiger partial charge in [-0.05, 0) is 31.7 Å². The fourth-order valence-corrected chi connectivity index (χ4v) is 2.83. The van der Waals surface area contributed by atoms with Gasteiger partial charge in [-0.15, -0.1) is 12.4 Å². The van der Waals surface area contributed by atoms with Crippen LogP contribution >= 0.6 is 12.4 Å². The van der Waals surface area contributed by atoms with Crippen molar-refractivity contribution in [3.63, 3.8) is 0 Å². The Morgan fingerprint density at radius 2 is 2.06 bits per heavy atom. The van der Waals surface area contributed by atoms with Gasteiger partial charge in [0.1, 0.15) is 0 Å². The predicted octanol–water partition coefficient (Wildman–Crippen LogP) is 2.27. The zero-order chi connectivity index (χ0) is 10.9. The maximum Gasteiger partial charge on any atom is 0.248 e. The minimum atomic E-state index is -2.41. The Balaban J connectivity index is 0.00000128. The van der Waals surface area contributed by atoms with Crippen LogP contribution in [0.15, 0.2) is 0 Å². The average Bonchev–Trinajstić information content (AvgIpc) is 2.49. The molecule has 0 aromatic heterocycles. The third-order valence-electron chi connectivity index (χ3n) is 3.57. The van der Waals surface area contributed by atoms with E-state index in [1.807, 2.05) is 0 Å². The third kappa shape index (κ3) is 3.82. The second-order valence-electron chi connectivity index (χ2n) is 5.13. The molecule has 1 aliphatic heterocycles. The van der Waals surface area contributed by atoms with Gasteiger partial charge in [0.25, 0.3) is 0 Å². The molecule has 0 aromatic carbocycles. The Kier molecular flexibility index (Phi) is 4.95. The third-order valence-corrected chi connectivity index (χ3v) is 3.57. The number of nitrogens with zero attached hydrogens (tertiary/aromatic N) is 1. The molecule has 2 atom stereocenters. The molecule has 2 nitrogen and oxygen atoms in total. The van der Waals surface area contributed by atoms with Crippen molar-refractivity contribution in [2.24, 2.45) is 11.7 Å². The summed E-state index contributed by atoms with van der Waals surface area (Å²) in [6, 6.07) is 0.258. The second kappa shape index (κ2) is 5.61. The fraction of sp³-hybridized carbons (Fsp3) is 1.00. The van der Waals surface area contributed by atoms with Crippen LogP contribution in [0.1, 0.15) is 32.1 Å². The van der Waals surface area contributed by atoms with Crippen molar-refractivity contribution in [2.75, 3.05) is 19.6 Å². The van der Waals surface area contributed by atoms with Crippen LogP contribution in [0.5, 0.6) is 0 Å². The predicted molar refractivity (Wildman–Crippen MR) is 63.2 cm³/mol. The van der Waals surface area contributed by atoms with Crippen LogP contribution < -0.4 is 5.73 Å². The van der Waals surface area contributed by atoms with Gasteiger partial charge >= 0.3 is 0 Å².